The zero-order valence-corrected chi connectivity index (χ0v) is 8.61. The molecule has 0 unspecified atom stereocenters. The summed E-state index contributed by atoms with van der Waals surface area (Å²) in [5.74, 6) is 0.295. The molecule has 0 bridgehead atoms. The van der Waals surface area contributed by atoms with Crippen LogP contribution in [0.1, 0.15) is 38.5 Å². The molecule has 0 amide bonds. The molecule has 2 rings (SSSR count). The van der Waals surface area contributed by atoms with Gasteiger partial charge < -0.3 is 5.11 Å². The van der Waals surface area contributed by atoms with Crippen LogP contribution in [0, 0.1) is 5.92 Å². The molecule has 14 heavy (non-hydrogen) atoms. The van der Waals surface area contributed by atoms with Crippen LogP contribution in [0.4, 0.5) is 0 Å². The van der Waals surface area contributed by atoms with Gasteiger partial charge in [0.15, 0.2) is 0 Å². The topological polar surface area (TPSA) is 40.5 Å². The molecule has 0 aromatic rings. The van der Waals surface area contributed by atoms with E-state index in [0.29, 0.717) is 12.5 Å². The fraction of sp³-hybridized carbons (Fsp3) is 0.909. The molecule has 2 aliphatic carbocycles. The smallest absolute Gasteiger partial charge is 0.304 e. The quantitative estimate of drug-likeness (QED) is 0.675. The first-order valence-electron chi connectivity index (χ1n) is 5.71. The van der Waals surface area contributed by atoms with Crippen LogP contribution >= 0.6 is 0 Å². The van der Waals surface area contributed by atoms with E-state index < -0.39 is 5.97 Å². The summed E-state index contributed by atoms with van der Waals surface area (Å²) < 4.78 is 0. The summed E-state index contributed by atoms with van der Waals surface area (Å²) in [6.07, 6.45) is 6.96. The van der Waals surface area contributed by atoms with E-state index in [1.165, 1.54) is 32.1 Å². The maximum Gasteiger partial charge on any atom is 0.304 e. The van der Waals surface area contributed by atoms with Gasteiger partial charge in [-0.1, -0.05) is 12.8 Å². The first kappa shape index (κ1) is 9.97. The number of carbonyl (C=O) groups is 1. The Kier molecular flexibility index (Phi) is 3.06. The van der Waals surface area contributed by atoms with Gasteiger partial charge in [-0.05, 0) is 31.7 Å². The number of carboxylic acids is 1. The minimum absolute atomic E-state index is 0.307. The fourth-order valence-corrected chi connectivity index (χ4v) is 1.91. The third-order valence-electron chi connectivity index (χ3n) is 3.20. The van der Waals surface area contributed by atoms with Crippen molar-refractivity contribution in [2.75, 3.05) is 13.1 Å². The van der Waals surface area contributed by atoms with Crippen LogP contribution < -0.4 is 0 Å². The standard InChI is InChI=1S/C11H19NO2/c13-11(14)6-8-12(10-3-4-10)7-5-9-1-2-9/h9-10H,1-8H2,(H,13,14). The van der Waals surface area contributed by atoms with Crippen molar-refractivity contribution in [2.24, 2.45) is 5.92 Å². The van der Waals surface area contributed by atoms with E-state index in [2.05, 4.69) is 4.90 Å². The highest BCUT2D eigenvalue weighted by Gasteiger charge is 2.30. The van der Waals surface area contributed by atoms with Gasteiger partial charge in [0, 0.05) is 12.6 Å². The summed E-state index contributed by atoms with van der Waals surface area (Å²) in [6.45, 7) is 1.88. The molecule has 80 valence electrons. The van der Waals surface area contributed by atoms with Crippen LogP contribution in [-0.4, -0.2) is 35.1 Å². The summed E-state index contributed by atoms with van der Waals surface area (Å²) in [4.78, 5) is 12.9. The number of hydrogen-bond acceptors (Lipinski definition) is 2. The molecule has 0 aliphatic heterocycles. The summed E-state index contributed by atoms with van der Waals surface area (Å²) in [5, 5.41) is 8.63. The Morgan fingerprint density at radius 1 is 1.21 bits per heavy atom. The molecule has 0 aromatic carbocycles. The SMILES string of the molecule is O=C(O)CCN(CCC1CC1)C1CC1. The first-order chi connectivity index (χ1) is 6.75. The maximum atomic E-state index is 10.5. The Bertz CT molecular complexity index is 209. The van der Waals surface area contributed by atoms with Gasteiger partial charge in [-0.25, -0.2) is 0 Å². The van der Waals surface area contributed by atoms with Gasteiger partial charge in [0.1, 0.15) is 0 Å². The average Bonchev–Trinajstić information content (AvgIpc) is 2.99. The van der Waals surface area contributed by atoms with Crippen LogP contribution in [0.5, 0.6) is 0 Å². The second kappa shape index (κ2) is 4.30. The molecule has 0 atom stereocenters. The lowest BCUT2D eigenvalue weighted by Gasteiger charge is -2.20. The van der Waals surface area contributed by atoms with Crippen molar-refractivity contribution < 1.29 is 9.90 Å². The van der Waals surface area contributed by atoms with Crippen molar-refractivity contribution in [3.05, 3.63) is 0 Å². The highest BCUT2D eigenvalue weighted by molar-refractivity contribution is 5.66. The second-order valence-corrected chi connectivity index (χ2v) is 4.64. The van der Waals surface area contributed by atoms with Gasteiger partial charge in [0.25, 0.3) is 0 Å². The predicted octanol–water partition coefficient (Wildman–Crippen LogP) is 1.73. The summed E-state index contributed by atoms with van der Waals surface area (Å²) in [7, 11) is 0. The van der Waals surface area contributed by atoms with Crippen LogP contribution in [-0.2, 0) is 4.79 Å². The molecule has 0 radical (unpaired) electrons. The molecule has 0 heterocycles. The fourth-order valence-electron chi connectivity index (χ4n) is 1.91. The largest absolute Gasteiger partial charge is 0.481 e. The first-order valence-corrected chi connectivity index (χ1v) is 5.71. The number of aliphatic carboxylic acids is 1. The van der Waals surface area contributed by atoms with Gasteiger partial charge in [-0.3, -0.25) is 9.69 Å². The van der Waals surface area contributed by atoms with Gasteiger partial charge in [-0.15, -0.1) is 0 Å². The lowest BCUT2D eigenvalue weighted by Crippen LogP contribution is -2.29. The third-order valence-corrected chi connectivity index (χ3v) is 3.20. The Morgan fingerprint density at radius 2 is 1.93 bits per heavy atom. The molecular formula is C11H19NO2. The summed E-state index contributed by atoms with van der Waals surface area (Å²) >= 11 is 0. The Labute approximate surface area is 85.1 Å². The van der Waals surface area contributed by atoms with Gasteiger partial charge >= 0.3 is 5.97 Å². The Morgan fingerprint density at radius 3 is 2.43 bits per heavy atom. The lowest BCUT2D eigenvalue weighted by molar-refractivity contribution is -0.137. The van der Waals surface area contributed by atoms with Crippen LogP contribution in [0.25, 0.3) is 0 Å². The maximum absolute atomic E-state index is 10.5. The molecule has 2 aliphatic rings. The predicted molar refractivity (Wildman–Crippen MR) is 54.2 cm³/mol. The van der Waals surface area contributed by atoms with Crippen molar-refractivity contribution in [1.82, 2.24) is 4.90 Å². The molecule has 2 fully saturated rings. The zero-order valence-electron chi connectivity index (χ0n) is 8.61. The highest BCUT2D eigenvalue weighted by atomic mass is 16.4. The van der Waals surface area contributed by atoms with Crippen molar-refractivity contribution in [3.8, 4) is 0 Å². The minimum atomic E-state index is -0.665. The second-order valence-electron chi connectivity index (χ2n) is 4.64. The van der Waals surface area contributed by atoms with Crippen molar-refractivity contribution in [2.45, 2.75) is 44.6 Å². The highest BCUT2D eigenvalue weighted by Crippen LogP contribution is 2.34. The van der Waals surface area contributed by atoms with E-state index in [-0.39, 0.29) is 0 Å². The molecule has 1 N–H and O–H groups in total. The number of rotatable bonds is 7. The number of nitrogens with zero attached hydrogens (tertiary/aromatic N) is 1. The molecular weight excluding hydrogens is 178 g/mol. The summed E-state index contributed by atoms with van der Waals surface area (Å²) in [6, 6.07) is 0.716. The van der Waals surface area contributed by atoms with Crippen molar-refractivity contribution in [1.29, 1.82) is 0 Å². The zero-order chi connectivity index (χ0) is 9.97. The molecule has 0 aromatic heterocycles. The monoisotopic (exact) mass is 197 g/mol. The van der Waals surface area contributed by atoms with E-state index in [4.69, 9.17) is 5.11 Å². The number of carboxylic acid groups (broad SMARTS) is 1. The van der Waals surface area contributed by atoms with E-state index in [9.17, 15) is 4.79 Å². The molecule has 2 saturated carbocycles. The van der Waals surface area contributed by atoms with Gasteiger partial charge in [0.2, 0.25) is 0 Å². The van der Waals surface area contributed by atoms with Crippen LogP contribution in [0.15, 0.2) is 0 Å². The van der Waals surface area contributed by atoms with E-state index in [0.717, 1.165) is 19.0 Å². The van der Waals surface area contributed by atoms with E-state index in [1.54, 1.807) is 0 Å². The molecule has 3 heteroatoms. The Hall–Kier alpha value is -0.570. The van der Waals surface area contributed by atoms with E-state index in [1.807, 2.05) is 0 Å². The average molecular weight is 197 g/mol. The van der Waals surface area contributed by atoms with Crippen LogP contribution in [0.3, 0.4) is 0 Å². The van der Waals surface area contributed by atoms with Gasteiger partial charge in [-0.2, -0.15) is 0 Å². The minimum Gasteiger partial charge on any atom is -0.481 e. The third kappa shape index (κ3) is 3.29. The van der Waals surface area contributed by atoms with E-state index >= 15 is 0 Å². The molecule has 0 spiro atoms. The van der Waals surface area contributed by atoms with Crippen molar-refractivity contribution >= 4 is 5.97 Å². The number of hydrogen-bond donors (Lipinski definition) is 1. The summed E-state index contributed by atoms with van der Waals surface area (Å²) in [5.41, 5.74) is 0. The Balaban J connectivity index is 1.66. The lowest BCUT2D eigenvalue weighted by atomic mass is 10.2. The molecule has 3 nitrogen and oxygen atoms in total. The van der Waals surface area contributed by atoms with Crippen molar-refractivity contribution in [3.63, 3.8) is 0 Å². The van der Waals surface area contributed by atoms with Gasteiger partial charge in [0.05, 0.1) is 6.42 Å². The normalized spacial score (nSPS) is 21.5. The van der Waals surface area contributed by atoms with Crippen LogP contribution in [0.2, 0.25) is 0 Å². The molecule has 0 saturated heterocycles.